The van der Waals surface area contributed by atoms with Crippen molar-refractivity contribution in [1.29, 1.82) is 0 Å². The third-order valence-electron chi connectivity index (χ3n) is 3.39. The summed E-state index contributed by atoms with van der Waals surface area (Å²) in [7, 11) is 2.90. The Kier molecular flexibility index (Phi) is 5.94. The maximum Gasteiger partial charge on any atom is 0.341 e. The number of anilines is 1. The predicted molar refractivity (Wildman–Crippen MR) is 89.5 cm³/mol. The summed E-state index contributed by atoms with van der Waals surface area (Å²) in [4.78, 5) is 24.2. The molecule has 0 aromatic heterocycles. The lowest BCUT2D eigenvalue weighted by molar-refractivity contribution is -0.123. The first kappa shape index (κ1) is 18.3. The van der Waals surface area contributed by atoms with Gasteiger partial charge in [0.05, 0.1) is 19.8 Å². The molecule has 0 radical (unpaired) electrons. The summed E-state index contributed by atoms with van der Waals surface area (Å²) in [5.74, 6) is -1.42. The quantitative estimate of drug-likeness (QED) is 0.813. The van der Waals surface area contributed by atoms with Gasteiger partial charge >= 0.3 is 5.97 Å². The molecule has 0 saturated carbocycles. The topological polar surface area (TPSA) is 73.9 Å². The van der Waals surface area contributed by atoms with Gasteiger partial charge in [0.1, 0.15) is 17.3 Å². The van der Waals surface area contributed by atoms with Gasteiger partial charge in [-0.3, -0.25) is 4.79 Å². The van der Waals surface area contributed by atoms with Crippen molar-refractivity contribution in [3.8, 4) is 11.5 Å². The number of hydrogen-bond donors (Lipinski definition) is 1. The van der Waals surface area contributed by atoms with Crippen molar-refractivity contribution >= 4 is 17.6 Å². The van der Waals surface area contributed by atoms with Crippen LogP contribution in [0.3, 0.4) is 0 Å². The summed E-state index contributed by atoms with van der Waals surface area (Å²) in [6.45, 7) is 1.40. The number of halogens is 1. The normalized spacial score (nSPS) is 11.4. The lowest BCUT2D eigenvalue weighted by atomic mass is 10.2. The van der Waals surface area contributed by atoms with E-state index in [0.29, 0.717) is 11.4 Å². The highest BCUT2D eigenvalue weighted by molar-refractivity contribution is 5.97. The third-order valence-corrected chi connectivity index (χ3v) is 3.39. The van der Waals surface area contributed by atoms with Crippen molar-refractivity contribution in [2.24, 2.45) is 0 Å². The van der Waals surface area contributed by atoms with E-state index in [1.54, 1.807) is 24.3 Å². The van der Waals surface area contributed by atoms with Gasteiger partial charge in [-0.2, -0.15) is 0 Å². The van der Waals surface area contributed by atoms with Crippen molar-refractivity contribution in [2.75, 3.05) is 19.5 Å². The number of esters is 1. The molecule has 132 valence electrons. The number of amides is 1. The van der Waals surface area contributed by atoms with Gasteiger partial charge in [-0.1, -0.05) is 6.07 Å². The highest BCUT2D eigenvalue weighted by atomic mass is 19.1. The van der Waals surface area contributed by atoms with Crippen LogP contribution in [0.4, 0.5) is 10.1 Å². The molecule has 1 amide bonds. The van der Waals surface area contributed by atoms with Gasteiger partial charge in [-0.15, -0.1) is 0 Å². The summed E-state index contributed by atoms with van der Waals surface area (Å²) in [5.41, 5.74) is 0.213. The number of carbonyl (C=O) groups excluding carboxylic acids is 2. The van der Waals surface area contributed by atoms with E-state index in [-0.39, 0.29) is 11.3 Å². The molecule has 6 nitrogen and oxygen atoms in total. The summed E-state index contributed by atoms with van der Waals surface area (Å²) in [6, 6.07) is 10.5. The first-order chi connectivity index (χ1) is 11.9. The summed E-state index contributed by atoms with van der Waals surface area (Å²) in [5, 5.41) is 2.60. The molecule has 0 aliphatic rings. The van der Waals surface area contributed by atoms with Crippen LogP contribution in [0.5, 0.6) is 11.5 Å². The average Bonchev–Trinajstić information content (AvgIpc) is 2.61. The van der Waals surface area contributed by atoms with Crippen LogP contribution in [0.25, 0.3) is 0 Å². The van der Waals surface area contributed by atoms with Crippen LogP contribution < -0.4 is 14.8 Å². The molecule has 0 spiro atoms. The van der Waals surface area contributed by atoms with Crippen LogP contribution in [0, 0.1) is 5.82 Å². The molecule has 0 saturated heterocycles. The Morgan fingerprint density at radius 2 is 1.72 bits per heavy atom. The fraction of sp³-hybridized carbons (Fsp3) is 0.222. The van der Waals surface area contributed by atoms with Crippen LogP contribution in [0.15, 0.2) is 42.5 Å². The molecular formula is C18H18FNO5. The Hall–Kier alpha value is -3.09. The van der Waals surface area contributed by atoms with Gasteiger partial charge in [0.2, 0.25) is 0 Å². The molecule has 0 bridgehead atoms. The highest BCUT2D eigenvalue weighted by Gasteiger charge is 2.21. The Labute approximate surface area is 144 Å². The van der Waals surface area contributed by atoms with E-state index in [0.717, 1.165) is 6.07 Å². The van der Waals surface area contributed by atoms with Gasteiger partial charge in [-0.05, 0) is 31.2 Å². The van der Waals surface area contributed by atoms with Crippen molar-refractivity contribution in [3.63, 3.8) is 0 Å². The lowest BCUT2D eigenvalue weighted by Crippen LogP contribution is -2.30. The smallest absolute Gasteiger partial charge is 0.341 e. The summed E-state index contributed by atoms with van der Waals surface area (Å²) in [6.07, 6.45) is -1.11. The van der Waals surface area contributed by atoms with E-state index in [2.05, 4.69) is 5.32 Å². The number of carbonyl (C=O) groups is 2. The monoisotopic (exact) mass is 347 g/mol. The number of methoxy groups -OCH3 is 2. The van der Waals surface area contributed by atoms with Gasteiger partial charge < -0.3 is 19.5 Å². The van der Waals surface area contributed by atoms with Crippen LogP contribution in [0.2, 0.25) is 0 Å². The Morgan fingerprint density at radius 3 is 2.36 bits per heavy atom. The summed E-state index contributed by atoms with van der Waals surface area (Å²) < 4.78 is 28.8. The van der Waals surface area contributed by atoms with Gasteiger partial charge in [-0.25, -0.2) is 9.18 Å². The minimum absolute atomic E-state index is 0.276. The number of benzene rings is 2. The first-order valence-corrected chi connectivity index (χ1v) is 7.44. The predicted octanol–water partition coefficient (Wildman–Crippen LogP) is 3.03. The SMILES string of the molecule is COc1cccc(NC(=O)[C@@H](C)OC(=O)c2ccc(OC)cc2F)c1. The van der Waals surface area contributed by atoms with Crippen LogP contribution in [-0.4, -0.2) is 32.2 Å². The van der Waals surface area contributed by atoms with E-state index < -0.39 is 23.8 Å². The molecule has 0 unspecified atom stereocenters. The Balaban J connectivity index is 2.01. The number of rotatable bonds is 6. The Bertz CT molecular complexity index is 778. The molecule has 0 fully saturated rings. The molecule has 7 heteroatoms. The second-order valence-electron chi connectivity index (χ2n) is 5.11. The zero-order valence-corrected chi connectivity index (χ0v) is 14.0. The average molecular weight is 347 g/mol. The minimum atomic E-state index is -1.11. The van der Waals surface area contributed by atoms with E-state index in [4.69, 9.17) is 14.2 Å². The maximum absolute atomic E-state index is 13.9. The largest absolute Gasteiger partial charge is 0.497 e. The molecule has 0 aliphatic carbocycles. The van der Waals surface area contributed by atoms with Crippen LogP contribution in [-0.2, 0) is 9.53 Å². The molecule has 0 aliphatic heterocycles. The van der Waals surface area contributed by atoms with Crippen LogP contribution in [0.1, 0.15) is 17.3 Å². The molecule has 1 N–H and O–H groups in total. The van der Waals surface area contributed by atoms with Crippen molar-refractivity contribution in [1.82, 2.24) is 0 Å². The number of hydrogen-bond acceptors (Lipinski definition) is 5. The molecular weight excluding hydrogens is 329 g/mol. The fourth-order valence-electron chi connectivity index (χ4n) is 2.01. The minimum Gasteiger partial charge on any atom is -0.497 e. The standard InChI is InChI=1S/C18H18FNO5/c1-11(17(21)20-12-5-4-6-13(9-12)23-2)25-18(22)15-8-7-14(24-3)10-16(15)19/h4-11H,1-3H3,(H,20,21)/t11-/m1/s1. The first-order valence-electron chi connectivity index (χ1n) is 7.44. The molecule has 0 heterocycles. The van der Waals surface area contributed by atoms with E-state index in [1.165, 1.54) is 33.3 Å². The molecule has 25 heavy (non-hydrogen) atoms. The number of ether oxygens (including phenoxy) is 3. The fourth-order valence-corrected chi connectivity index (χ4v) is 2.01. The molecule has 2 aromatic rings. The van der Waals surface area contributed by atoms with Crippen LogP contribution >= 0.6 is 0 Å². The van der Waals surface area contributed by atoms with Crippen molar-refractivity contribution < 1.29 is 28.2 Å². The highest BCUT2D eigenvalue weighted by Crippen LogP contribution is 2.19. The van der Waals surface area contributed by atoms with E-state index >= 15 is 0 Å². The van der Waals surface area contributed by atoms with E-state index in [1.807, 2.05) is 0 Å². The van der Waals surface area contributed by atoms with Gasteiger partial charge in [0.25, 0.3) is 5.91 Å². The second-order valence-corrected chi connectivity index (χ2v) is 5.11. The molecule has 2 aromatic carbocycles. The Morgan fingerprint density at radius 1 is 1.04 bits per heavy atom. The number of nitrogens with one attached hydrogen (secondary N) is 1. The second kappa shape index (κ2) is 8.14. The summed E-state index contributed by atoms with van der Waals surface area (Å²) >= 11 is 0. The van der Waals surface area contributed by atoms with Gasteiger partial charge in [0, 0.05) is 17.8 Å². The molecule has 1 atom stereocenters. The van der Waals surface area contributed by atoms with Gasteiger partial charge in [0.15, 0.2) is 6.10 Å². The maximum atomic E-state index is 13.9. The lowest BCUT2D eigenvalue weighted by Gasteiger charge is -2.14. The van der Waals surface area contributed by atoms with E-state index in [9.17, 15) is 14.0 Å². The zero-order valence-electron chi connectivity index (χ0n) is 14.0. The third kappa shape index (κ3) is 4.69. The zero-order chi connectivity index (χ0) is 18.4. The van der Waals surface area contributed by atoms with Crippen molar-refractivity contribution in [2.45, 2.75) is 13.0 Å². The van der Waals surface area contributed by atoms with Crippen molar-refractivity contribution in [3.05, 3.63) is 53.8 Å². The molecule has 2 rings (SSSR count).